The van der Waals surface area contributed by atoms with E-state index in [9.17, 15) is 9.59 Å². The average Bonchev–Trinajstić information content (AvgIpc) is 2.84. The number of piperidine rings is 1. The maximum atomic E-state index is 12.8. The van der Waals surface area contributed by atoms with Gasteiger partial charge < -0.3 is 9.64 Å². The van der Waals surface area contributed by atoms with Gasteiger partial charge in [0.1, 0.15) is 12.6 Å². The van der Waals surface area contributed by atoms with Crippen LogP contribution in [0.3, 0.4) is 0 Å². The SMILES string of the molecule is O=C(OCc1ccccc1)C1CCCC2c3ccccc3C[C]C(=O)N12. The summed E-state index contributed by atoms with van der Waals surface area (Å²) < 4.78 is 5.53. The number of amides is 1. The lowest BCUT2D eigenvalue weighted by Gasteiger charge is -2.40. The zero-order chi connectivity index (χ0) is 17.9. The summed E-state index contributed by atoms with van der Waals surface area (Å²) in [6.45, 7) is 0.229. The monoisotopic (exact) mass is 347 g/mol. The van der Waals surface area contributed by atoms with Crippen LogP contribution in [0.25, 0.3) is 0 Å². The van der Waals surface area contributed by atoms with Gasteiger partial charge in [-0.2, -0.15) is 0 Å². The van der Waals surface area contributed by atoms with Crippen molar-refractivity contribution in [3.05, 3.63) is 77.7 Å². The van der Waals surface area contributed by atoms with Gasteiger partial charge in [0.15, 0.2) is 0 Å². The first-order chi connectivity index (χ1) is 12.7. The molecule has 2 aliphatic heterocycles. The minimum atomic E-state index is -0.538. The molecule has 4 heteroatoms. The molecule has 2 aromatic rings. The minimum Gasteiger partial charge on any atom is -0.459 e. The predicted octanol–water partition coefficient (Wildman–Crippen LogP) is 3.49. The average molecular weight is 347 g/mol. The van der Waals surface area contributed by atoms with Crippen LogP contribution in [0.1, 0.15) is 42.0 Å². The molecule has 132 valence electrons. The topological polar surface area (TPSA) is 46.6 Å². The molecule has 4 rings (SSSR count). The number of hydrogen-bond donors (Lipinski definition) is 0. The van der Waals surface area contributed by atoms with Crippen LogP contribution in [-0.4, -0.2) is 22.8 Å². The molecule has 2 heterocycles. The lowest BCUT2D eigenvalue weighted by Crippen LogP contribution is -2.49. The van der Waals surface area contributed by atoms with E-state index in [1.54, 1.807) is 4.90 Å². The van der Waals surface area contributed by atoms with Crippen molar-refractivity contribution in [3.63, 3.8) is 0 Å². The van der Waals surface area contributed by atoms with Gasteiger partial charge in [0.2, 0.25) is 5.91 Å². The molecule has 2 aliphatic rings. The normalized spacial score (nSPS) is 22.2. The van der Waals surface area contributed by atoms with Gasteiger partial charge in [-0.1, -0.05) is 54.6 Å². The largest absolute Gasteiger partial charge is 0.459 e. The number of rotatable bonds is 3. The number of fused-ring (bicyclic) bond motifs is 3. The van der Waals surface area contributed by atoms with E-state index in [0.717, 1.165) is 29.5 Å². The summed E-state index contributed by atoms with van der Waals surface area (Å²) in [5.41, 5.74) is 3.19. The van der Waals surface area contributed by atoms with E-state index in [4.69, 9.17) is 4.74 Å². The molecule has 2 atom stereocenters. The van der Waals surface area contributed by atoms with Crippen molar-refractivity contribution >= 4 is 11.9 Å². The van der Waals surface area contributed by atoms with Gasteiger partial charge in [-0.15, -0.1) is 0 Å². The summed E-state index contributed by atoms with van der Waals surface area (Å²) >= 11 is 0. The Morgan fingerprint density at radius 3 is 2.69 bits per heavy atom. The van der Waals surface area contributed by atoms with E-state index in [1.165, 1.54) is 0 Å². The predicted molar refractivity (Wildman–Crippen MR) is 96.9 cm³/mol. The van der Waals surface area contributed by atoms with Crippen LogP contribution in [0, 0.1) is 6.42 Å². The van der Waals surface area contributed by atoms with Gasteiger partial charge in [-0.05, 0) is 42.4 Å². The number of ether oxygens (including phenoxy) is 1. The molecule has 1 amide bonds. The van der Waals surface area contributed by atoms with Gasteiger partial charge in [0.05, 0.1) is 12.5 Å². The second-order valence-electron chi connectivity index (χ2n) is 6.82. The second-order valence-corrected chi connectivity index (χ2v) is 6.82. The Hall–Kier alpha value is -2.62. The number of esters is 1. The first kappa shape index (κ1) is 16.8. The fraction of sp³-hybridized carbons (Fsp3) is 0.318. The highest BCUT2D eigenvalue weighted by atomic mass is 16.5. The van der Waals surface area contributed by atoms with Crippen molar-refractivity contribution in [1.29, 1.82) is 0 Å². The van der Waals surface area contributed by atoms with Gasteiger partial charge >= 0.3 is 5.97 Å². The Labute approximate surface area is 153 Å². The van der Waals surface area contributed by atoms with Crippen LogP contribution in [0.15, 0.2) is 54.6 Å². The van der Waals surface area contributed by atoms with E-state index in [2.05, 4.69) is 12.5 Å². The third-order valence-electron chi connectivity index (χ3n) is 5.20. The molecule has 2 radical (unpaired) electrons. The summed E-state index contributed by atoms with van der Waals surface area (Å²) in [5.74, 6) is -0.513. The number of carbonyl (C=O) groups is 2. The van der Waals surface area contributed by atoms with Crippen LogP contribution < -0.4 is 0 Å². The van der Waals surface area contributed by atoms with E-state index < -0.39 is 6.04 Å². The Morgan fingerprint density at radius 1 is 1.08 bits per heavy atom. The Balaban J connectivity index is 1.55. The van der Waals surface area contributed by atoms with Gasteiger partial charge in [0.25, 0.3) is 0 Å². The van der Waals surface area contributed by atoms with E-state index in [0.29, 0.717) is 12.8 Å². The summed E-state index contributed by atoms with van der Waals surface area (Å²) in [4.78, 5) is 27.2. The molecule has 0 N–H and O–H groups in total. The summed E-state index contributed by atoms with van der Waals surface area (Å²) in [7, 11) is 0. The quantitative estimate of drug-likeness (QED) is 0.799. The zero-order valence-corrected chi connectivity index (χ0v) is 14.6. The van der Waals surface area contributed by atoms with Crippen molar-refractivity contribution in [2.75, 3.05) is 0 Å². The molecule has 1 saturated heterocycles. The van der Waals surface area contributed by atoms with Crippen molar-refractivity contribution < 1.29 is 14.3 Å². The lowest BCUT2D eigenvalue weighted by atomic mass is 9.89. The van der Waals surface area contributed by atoms with Gasteiger partial charge in [0, 0.05) is 0 Å². The highest BCUT2D eigenvalue weighted by Gasteiger charge is 2.41. The van der Waals surface area contributed by atoms with Crippen molar-refractivity contribution in [3.8, 4) is 0 Å². The maximum Gasteiger partial charge on any atom is 0.329 e. The molecule has 26 heavy (non-hydrogen) atoms. The lowest BCUT2D eigenvalue weighted by molar-refractivity contribution is -0.159. The summed E-state index contributed by atoms with van der Waals surface area (Å²) in [6.07, 6.45) is 5.83. The zero-order valence-electron chi connectivity index (χ0n) is 14.6. The van der Waals surface area contributed by atoms with Crippen molar-refractivity contribution in [1.82, 2.24) is 4.90 Å². The van der Waals surface area contributed by atoms with Gasteiger partial charge in [-0.3, -0.25) is 4.79 Å². The third-order valence-corrected chi connectivity index (χ3v) is 5.20. The van der Waals surface area contributed by atoms with Crippen LogP contribution in [0.4, 0.5) is 0 Å². The standard InChI is InChI=1S/C22H21NO3/c24-21-14-13-17-9-4-5-10-18(17)19-11-6-12-20(23(19)21)22(25)26-15-16-7-2-1-3-8-16/h1-5,7-10,19-20H,6,11-13,15H2. The highest BCUT2D eigenvalue weighted by Crippen LogP contribution is 2.39. The first-order valence-corrected chi connectivity index (χ1v) is 9.08. The molecule has 2 aromatic carbocycles. The number of hydrogen-bond acceptors (Lipinski definition) is 3. The van der Waals surface area contributed by atoms with Crippen LogP contribution in [0.2, 0.25) is 0 Å². The van der Waals surface area contributed by atoms with E-state index >= 15 is 0 Å². The molecule has 0 aliphatic carbocycles. The first-order valence-electron chi connectivity index (χ1n) is 9.08. The molecule has 0 saturated carbocycles. The minimum absolute atomic E-state index is 0.0725. The third kappa shape index (κ3) is 3.24. The molecule has 4 nitrogen and oxygen atoms in total. The van der Waals surface area contributed by atoms with E-state index in [-0.39, 0.29) is 24.5 Å². The number of carbonyl (C=O) groups excluding carboxylic acids is 2. The molecule has 0 aromatic heterocycles. The number of nitrogens with zero attached hydrogens (tertiary/aromatic N) is 1. The van der Waals surface area contributed by atoms with Crippen LogP contribution in [0.5, 0.6) is 0 Å². The van der Waals surface area contributed by atoms with Crippen LogP contribution >= 0.6 is 0 Å². The Kier molecular flexibility index (Phi) is 4.74. The van der Waals surface area contributed by atoms with Crippen molar-refractivity contribution in [2.24, 2.45) is 0 Å². The van der Waals surface area contributed by atoms with Crippen molar-refractivity contribution in [2.45, 2.75) is 44.4 Å². The van der Waals surface area contributed by atoms with E-state index in [1.807, 2.05) is 48.5 Å². The number of benzene rings is 2. The Morgan fingerprint density at radius 2 is 1.85 bits per heavy atom. The maximum absolute atomic E-state index is 12.8. The molecular weight excluding hydrogens is 326 g/mol. The summed E-state index contributed by atoms with van der Waals surface area (Å²) in [5, 5.41) is 0. The molecular formula is C22H21NO3. The fourth-order valence-electron chi connectivity index (χ4n) is 3.93. The summed E-state index contributed by atoms with van der Waals surface area (Å²) in [6, 6.07) is 17.1. The smallest absolute Gasteiger partial charge is 0.329 e. The molecule has 2 unspecified atom stereocenters. The second kappa shape index (κ2) is 7.32. The van der Waals surface area contributed by atoms with Gasteiger partial charge in [-0.25, -0.2) is 4.79 Å². The van der Waals surface area contributed by atoms with Crippen LogP contribution in [-0.2, 0) is 27.4 Å². The molecule has 0 bridgehead atoms. The fourth-order valence-corrected chi connectivity index (χ4v) is 3.93. The molecule has 0 spiro atoms. The highest BCUT2D eigenvalue weighted by molar-refractivity contribution is 5.91. The molecule has 1 fully saturated rings. The Bertz CT molecular complexity index is 802.